The fraction of sp³-hybridized carbons (Fsp3) is 0.190. The van der Waals surface area contributed by atoms with Crippen molar-refractivity contribution in [3.8, 4) is 11.1 Å². The number of aliphatic hydroxyl groups is 1. The van der Waals surface area contributed by atoms with Gasteiger partial charge in [0.2, 0.25) is 0 Å². The van der Waals surface area contributed by atoms with Gasteiger partial charge in [-0.15, -0.1) is 0 Å². The van der Waals surface area contributed by atoms with E-state index in [1.807, 2.05) is 48.5 Å². The van der Waals surface area contributed by atoms with Crippen LogP contribution in [-0.2, 0) is 14.3 Å². The third-order valence-corrected chi connectivity index (χ3v) is 4.55. The summed E-state index contributed by atoms with van der Waals surface area (Å²) in [7, 11) is 0. The zero-order valence-electron chi connectivity index (χ0n) is 14.9. The Balaban J connectivity index is 1.66. The molecule has 0 bridgehead atoms. The maximum Gasteiger partial charge on any atom is 0.407 e. The number of aliphatic carboxylic acids is 1. The SMILES string of the molecule is O=C(O)C=CC(=O)[C@H](CO)NC(=O)OCC1c2ccccc2-c2ccccc21. The Bertz CT molecular complexity index is 890. The fourth-order valence-corrected chi connectivity index (χ4v) is 3.26. The number of rotatable bonds is 7. The van der Waals surface area contributed by atoms with Crippen LogP contribution in [0.2, 0.25) is 0 Å². The predicted octanol–water partition coefficient (Wildman–Crippen LogP) is 2.10. The summed E-state index contributed by atoms with van der Waals surface area (Å²) < 4.78 is 5.29. The quantitative estimate of drug-likeness (QED) is 0.633. The first-order valence-electron chi connectivity index (χ1n) is 8.68. The number of amides is 1. The number of ketones is 1. The molecule has 0 aliphatic heterocycles. The zero-order valence-corrected chi connectivity index (χ0v) is 14.9. The number of carboxylic acid groups (broad SMARTS) is 1. The van der Waals surface area contributed by atoms with Gasteiger partial charge in [-0.25, -0.2) is 9.59 Å². The van der Waals surface area contributed by atoms with E-state index < -0.39 is 30.5 Å². The lowest BCUT2D eigenvalue weighted by atomic mass is 9.98. The molecule has 0 saturated carbocycles. The van der Waals surface area contributed by atoms with Crippen molar-refractivity contribution in [2.24, 2.45) is 0 Å². The third-order valence-electron chi connectivity index (χ3n) is 4.55. The second kappa shape index (κ2) is 8.49. The standard InChI is InChI=1S/C21H19NO6/c23-11-18(19(24)9-10-20(25)26)22-21(27)28-12-17-15-7-3-1-5-13(15)14-6-2-4-8-16(14)17/h1-10,17-18,23H,11-12H2,(H,22,27)(H,25,26)/t18-/m0/s1. The molecule has 0 fully saturated rings. The van der Waals surface area contributed by atoms with Gasteiger partial charge in [0, 0.05) is 12.0 Å². The van der Waals surface area contributed by atoms with Crippen molar-refractivity contribution in [3.05, 3.63) is 71.8 Å². The molecule has 0 aromatic heterocycles. The lowest BCUT2D eigenvalue weighted by Gasteiger charge is -2.17. The van der Waals surface area contributed by atoms with E-state index in [0.717, 1.165) is 28.3 Å². The van der Waals surface area contributed by atoms with E-state index in [9.17, 15) is 19.5 Å². The van der Waals surface area contributed by atoms with Crippen LogP contribution in [0.25, 0.3) is 11.1 Å². The van der Waals surface area contributed by atoms with Crippen molar-refractivity contribution in [1.82, 2.24) is 5.32 Å². The minimum absolute atomic E-state index is 0.0666. The van der Waals surface area contributed by atoms with Gasteiger partial charge in [-0.1, -0.05) is 48.5 Å². The Labute approximate surface area is 161 Å². The van der Waals surface area contributed by atoms with Crippen molar-refractivity contribution < 1.29 is 29.3 Å². The van der Waals surface area contributed by atoms with E-state index in [0.29, 0.717) is 6.08 Å². The zero-order chi connectivity index (χ0) is 20.1. The molecule has 0 heterocycles. The molecule has 28 heavy (non-hydrogen) atoms. The summed E-state index contributed by atoms with van der Waals surface area (Å²) in [5.41, 5.74) is 4.29. The predicted molar refractivity (Wildman–Crippen MR) is 101 cm³/mol. The topological polar surface area (TPSA) is 113 Å². The molecule has 0 spiro atoms. The van der Waals surface area contributed by atoms with Crippen LogP contribution in [0.15, 0.2) is 60.7 Å². The monoisotopic (exact) mass is 381 g/mol. The van der Waals surface area contributed by atoms with Gasteiger partial charge in [-0.05, 0) is 28.3 Å². The Morgan fingerprint density at radius 3 is 2.11 bits per heavy atom. The van der Waals surface area contributed by atoms with Crippen LogP contribution >= 0.6 is 0 Å². The lowest BCUT2D eigenvalue weighted by Crippen LogP contribution is -2.43. The highest BCUT2D eigenvalue weighted by Crippen LogP contribution is 2.44. The number of nitrogens with one attached hydrogen (secondary N) is 1. The van der Waals surface area contributed by atoms with Crippen molar-refractivity contribution in [1.29, 1.82) is 0 Å². The largest absolute Gasteiger partial charge is 0.478 e. The summed E-state index contributed by atoms with van der Waals surface area (Å²) in [6.45, 7) is -0.607. The number of alkyl carbamates (subject to hydrolysis) is 1. The van der Waals surface area contributed by atoms with Gasteiger partial charge in [0.05, 0.1) is 6.61 Å². The average Bonchev–Trinajstić information content (AvgIpc) is 3.02. The summed E-state index contributed by atoms with van der Waals surface area (Å²) in [5, 5.41) is 20.1. The lowest BCUT2D eigenvalue weighted by molar-refractivity contribution is -0.131. The molecule has 0 radical (unpaired) electrons. The number of hydrogen-bond acceptors (Lipinski definition) is 5. The second-order valence-corrected chi connectivity index (χ2v) is 6.28. The minimum Gasteiger partial charge on any atom is -0.478 e. The number of benzene rings is 2. The van der Waals surface area contributed by atoms with Crippen molar-refractivity contribution in [2.45, 2.75) is 12.0 Å². The third kappa shape index (κ3) is 4.10. The van der Waals surface area contributed by atoms with Crippen LogP contribution in [0.1, 0.15) is 17.0 Å². The van der Waals surface area contributed by atoms with E-state index in [1.54, 1.807) is 0 Å². The molecule has 1 aliphatic rings. The second-order valence-electron chi connectivity index (χ2n) is 6.28. The molecule has 3 rings (SSSR count). The van der Waals surface area contributed by atoms with Crippen molar-refractivity contribution in [2.75, 3.05) is 13.2 Å². The fourth-order valence-electron chi connectivity index (χ4n) is 3.26. The van der Waals surface area contributed by atoms with Gasteiger partial charge in [0.25, 0.3) is 0 Å². The van der Waals surface area contributed by atoms with Crippen LogP contribution in [0.3, 0.4) is 0 Å². The number of carbonyl (C=O) groups is 3. The molecule has 7 heteroatoms. The van der Waals surface area contributed by atoms with Gasteiger partial charge in [-0.2, -0.15) is 0 Å². The first-order chi connectivity index (χ1) is 13.5. The molecule has 1 atom stereocenters. The van der Waals surface area contributed by atoms with Crippen LogP contribution in [0.4, 0.5) is 4.79 Å². The number of ether oxygens (including phenoxy) is 1. The maximum absolute atomic E-state index is 12.1. The molecule has 7 nitrogen and oxygen atoms in total. The number of carboxylic acids is 1. The molecular weight excluding hydrogens is 362 g/mol. The highest BCUT2D eigenvalue weighted by Gasteiger charge is 2.29. The normalized spacial score (nSPS) is 13.6. The Kier molecular flexibility index (Phi) is 5.86. The number of aliphatic hydroxyl groups excluding tert-OH is 1. The molecule has 2 aromatic rings. The number of hydrogen-bond donors (Lipinski definition) is 3. The van der Waals surface area contributed by atoms with E-state index in [-0.39, 0.29) is 12.5 Å². The molecule has 3 N–H and O–H groups in total. The van der Waals surface area contributed by atoms with E-state index in [1.165, 1.54) is 0 Å². The molecule has 1 amide bonds. The minimum atomic E-state index is -1.30. The molecular formula is C21H19NO6. The van der Waals surface area contributed by atoms with Crippen LogP contribution in [0.5, 0.6) is 0 Å². The van der Waals surface area contributed by atoms with E-state index >= 15 is 0 Å². The van der Waals surface area contributed by atoms with E-state index in [2.05, 4.69) is 5.32 Å². The van der Waals surface area contributed by atoms with Crippen LogP contribution < -0.4 is 5.32 Å². The molecule has 144 valence electrons. The molecule has 0 unspecified atom stereocenters. The van der Waals surface area contributed by atoms with Gasteiger partial charge < -0.3 is 20.3 Å². The Morgan fingerprint density at radius 1 is 1.00 bits per heavy atom. The first-order valence-corrected chi connectivity index (χ1v) is 8.68. The molecule has 0 saturated heterocycles. The highest BCUT2D eigenvalue weighted by atomic mass is 16.5. The van der Waals surface area contributed by atoms with Gasteiger partial charge in [-0.3, -0.25) is 4.79 Å². The Hall–Kier alpha value is -3.45. The van der Waals surface area contributed by atoms with Gasteiger partial charge in [0.15, 0.2) is 5.78 Å². The average molecular weight is 381 g/mol. The smallest absolute Gasteiger partial charge is 0.407 e. The van der Waals surface area contributed by atoms with Gasteiger partial charge >= 0.3 is 12.1 Å². The summed E-state index contributed by atoms with van der Waals surface area (Å²) in [4.78, 5) is 34.4. The summed E-state index contributed by atoms with van der Waals surface area (Å²) in [6, 6.07) is 14.5. The highest BCUT2D eigenvalue weighted by molar-refractivity contribution is 5.99. The maximum atomic E-state index is 12.1. The first kappa shape index (κ1) is 19.3. The van der Waals surface area contributed by atoms with Crippen LogP contribution in [0, 0.1) is 0 Å². The van der Waals surface area contributed by atoms with Crippen LogP contribution in [-0.4, -0.2) is 47.3 Å². The van der Waals surface area contributed by atoms with Crippen molar-refractivity contribution >= 4 is 17.8 Å². The summed E-state index contributed by atoms with van der Waals surface area (Å²) in [6.07, 6.45) is 0.565. The summed E-state index contributed by atoms with van der Waals surface area (Å²) in [5.74, 6) is -2.17. The van der Waals surface area contributed by atoms with Gasteiger partial charge in [0.1, 0.15) is 12.6 Å². The summed E-state index contributed by atoms with van der Waals surface area (Å²) >= 11 is 0. The molecule has 2 aromatic carbocycles. The number of fused-ring (bicyclic) bond motifs is 3. The molecule has 1 aliphatic carbocycles. The van der Waals surface area contributed by atoms with Crippen molar-refractivity contribution in [3.63, 3.8) is 0 Å². The number of carbonyl (C=O) groups excluding carboxylic acids is 2. The Morgan fingerprint density at radius 2 is 1.57 bits per heavy atom. The van der Waals surface area contributed by atoms with E-state index in [4.69, 9.17) is 9.84 Å².